The Hall–Kier alpha value is -3.40. The number of hydrazine groups is 1. The van der Waals surface area contributed by atoms with Gasteiger partial charge in [0.05, 0.1) is 5.69 Å². The highest BCUT2D eigenvalue weighted by Gasteiger charge is 2.38. The third-order valence-corrected chi connectivity index (χ3v) is 3.11. The summed E-state index contributed by atoms with van der Waals surface area (Å²) in [5.41, 5.74) is 2.33. The predicted octanol–water partition coefficient (Wildman–Crippen LogP) is 2.54. The van der Waals surface area contributed by atoms with E-state index in [2.05, 4.69) is 5.32 Å². The number of nitrogens with zero attached hydrogens (tertiary/aromatic N) is 1. The number of carbonyl (C=O) groups excluding carboxylic acids is 1. The summed E-state index contributed by atoms with van der Waals surface area (Å²) in [5.74, 6) is 2.70. The number of carboxylic acids is 1. The van der Waals surface area contributed by atoms with Crippen molar-refractivity contribution in [3.63, 3.8) is 0 Å². The van der Waals surface area contributed by atoms with E-state index in [0.717, 1.165) is 17.6 Å². The molecule has 0 saturated heterocycles. The number of rotatable bonds is 5. The number of halogens is 3. The average Bonchev–Trinajstić information content (AvgIpc) is 2.66. The number of nitrogens with two attached hydrogens (primary N) is 1. The van der Waals surface area contributed by atoms with E-state index in [1.165, 1.54) is 5.01 Å². The van der Waals surface area contributed by atoms with Crippen LogP contribution in [0.5, 0.6) is 0 Å². The summed E-state index contributed by atoms with van der Waals surface area (Å²) in [7, 11) is 0. The zero-order chi connectivity index (χ0) is 20.4. The molecular weight excluding hydrogens is 365 g/mol. The van der Waals surface area contributed by atoms with Crippen LogP contribution < -0.4 is 16.2 Å². The minimum Gasteiger partial charge on any atom is -0.475 e. The van der Waals surface area contributed by atoms with Gasteiger partial charge in [0.25, 0.3) is 5.91 Å². The van der Waals surface area contributed by atoms with Gasteiger partial charge in [0, 0.05) is 12.1 Å². The van der Waals surface area contributed by atoms with Crippen LogP contribution in [0, 0.1) is 5.41 Å². The smallest absolute Gasteiger partial charge is 0.475 e. The minimum absolute atomic E-state index is 0.102. The normalized spacial score (nSPS) is 10.2. The van der Waals surface area contributed by atoms with Crippen molar-refractivity contribution in [2.24, 2.45) is 5.84 Å². The van der Waals surface area contributed by atoms with Gasteiger partial charge < -0.3 is 10.4 Å². The fraction of sp³-hybridized carbons (Fsp3) is 0.118. The zero-order valence-corrected chi connectivity index (χ0v) is 13.9. The Morgan fingerprint density at radius 1 is 1.11 bits per heavy atom. The first-order valence-electron chi connectivity index (χ1n) is 7.42. The fourth-order valence-electron chi connectivity index (χ4n) is 1.73. The first-order valence-corrected chi connectivity index (χ1v) is 7.42. The molecule has 0 atom stereocenters. The summed E-state index contributed by atoms with van der Waals surface area (Å²) >= 11 is 0. The Balaban J connectivity index is 0.000000445. The third-order valence-electron chi connectivity index (χ3n) is 3.11. The molecule has 7 nitrogen and oxygen atoms in total. The second-order valence-electron chi connectivity index (χ2n) is 5.05. The second kappa shape index (κ2) is 9.92. The number of carbonyl (C=O) groups is 2. The van der Waals surface area contributed by atoms with E-state index in [9.17, 15) is 18.0 Å². The molecule has 0 bridgehead atoms. The van der Waals surface area contributed by atoms with Gasteiger partial charge in [0.1, 0.15) is 6.34 Å². The molecule has 0 aliphatic carbocycles. The van der Waals surface area contributed by atoms with Crippen LogP contribution in [0.4, 0.5) is 18.9 Å². The Bertz CT molecular complexity index is 765. The number of anilines is 1. The SMILES string of the molecule is N=CN(N)c1ccc(CNC(=O)c2ccccc2)cc1.O=C(O)C(F)(F)F. The molecule has 5 N–H and O–H groups in total. The highest BCUT2D eigenvalue weighted by Crippen LogP contribution is 2.13. The standard InChI is InChI=1S/C15H16N4O.C2HF3O2/c16-11-19(17)14-8-6-12(7-9-14)10-18-15(20)13-4-2-1-3-5-13;3-2(4,5)1(6)7/h1-9,11,16H,10,17H2,(H,18,20);(H,6,7). The average molecular weight is 382 g/mol. The molecule has 0 radical (unpaired) electrons. The van der Waals surface area contributed by atoms with Crippen LogP contribution in [0.1, 0.15) is 15.9 Å². The van der Waals surface area contributed by atoms with Crippen LogP contribution in [-0.4, -0.2) is 29.5 Å². The van der Waals surface area contributed by atoms with Gasteiger partial charge in [-0.05, 0) is 29.8 Å². The molecule has 10 heteroatoms. The molecular formula is C17H17F3N4O3. The summed E-state index contributed by atoms with van der Waals surface area (Å²) < 4.78 is 31.7. The van der Waals surface area contributed by atoms with E-state index in [1.54, 1.807) is 24.3 Å². The summed E-state index contributed by atoms with van der Waals surface area (Å²) in [4.78, 5) is 20.8. The van der Waals surface area contributed by atoms with Gasteiger partial charge in [-0.15, -0.1) is 0 Å². The maximum absolute atomic E-state index is 11.9. The highest BCUT2D eigenvalue weighted by molar-refractivity contribution is 5.94. The van der Waals surface area contributed by atoms with Crippen molar-refractivity contribution in [2.45, 2.75) is 12.7 Å². The molecule has 0 aromatic heterocycles. The highest BCUT2D eigenvalue weighted by atomic mass is 19.4. The third kappa shape index (κ3) is 7.57. The van der Waals surface area contributed by atoms with Crippen LogP contribution in [0.15, 0.2) is 54.6 Å². The van der Waals surface area contributed by atoms with Gasteiger partial charge in [-0.1, -0.05) is 30.3 Å². The number of hydrogen-bond acceptors (Lipinski definition) is 4. The molecule has 2 aromatic carbocycles. The Kier molecular flexibility index (Phi) is 7.95. The lowest BCUT2D eigenvalue weighted by molar-refractivity contribution is -0.192. The lowest BCUT2D eigenvalue weighted by Gasteiger charge is -2.12. The van der Waals surface area contributed by atoms with Crippen molar-refractivity contribution < 1.29 is 27.9 Å². The first kappa shape index (κ1) is 21.6. The van der Waals surface area contributed by atoms with E-state index in [4.69, 9.17) is 21.2 Å². The van der Waals surface area contributed by atoms with Crippen LogP contribution >= 0.6 is 0 Å². The van der Waals surface area contributed by atoms with Crippen molar-refractivity contribution in [1.29, 1.82) is 5.41 Å². The maximum atomic E-state index is 11.9. The Morgan fingerprint density at radius 2 is 1.63 bits per heavy atom. The van der Waals surface area contributed by atoms with Gasteiger partial charge in [-0.25, -0.2) is 10.6 Å². The van der Waals surface area contributed by atoms with Crippen LogP contribution in [0.3, 0.4) is 0 Å². The molecule has 0 aliphatic rings. The summed E-state index contributed by atoms with van der Waals surface area (Å²) in [6.07, 6.45) is -4.05. The number of amides is 1. The van der Waals surface area contributed by atoms with Gasteiger partial charge in [0.2, 0.25) is 0 Å². The lowest BCUT2D eigenvalue weighted by Crippen LogP contribution is -2.28. The number of alkyl halides is 3. The molecule has 0 heterocycles. The van der Waals surface area contributed by atoms with E-state index >= 15 is 0 Å². The monoisotopic (exact) mass is 382 g/mol. The van der Waals surface area contributed by atoms with E-state index in [1.807, 2.05) is 30.3 Å². The van der Waals surface area contributed by atoms with E-state index in [-0.39, 0.29) is 5.91 Å². The molecule has 2 aromatic rings. The van der Waals surface area contributed by atoms with Crippen molar-refractivity contribution in [1.82, 2.24) is 5.32 Å². The predicted molar refractivity (Wildman–Crippen MR) is 93.2 cm³/mol. The topological polar surface area (TPSA) is 120 Å². The molecule has 0 aliphatic heterocycles. The van der Waals surface area contributed by atoms with Gasteiger partial charge >= 0.3 is 12.1 Å². The van der Waals surface area contributed by atoms with E-state index < -0.39 is 12.1 Å². The van der Waals surface area contributed by atoms with Gasteiger partial charge in [-0.2, -0.15) is 13.2 Å². The number of aliphatic carboxylic acids is 1. The molecule has 2 rings (SSSR count). The molecule has 144 valence electrons. The molecule has 0 unspecified atom stereocenters. The minimum atomic E-state index is -5.08. The molecule has 0 saturated carbocycles. The van der Waals surface area contributed by atoms with Crippen molar-refractivity contribution >= 4 is 23.9 Å². The summed E-state index contributed by atoms with van der Waals surface area (Å²) in [6.45, 7) is 0.448. The summed E-state index contributed by atoms with van der Waals surface area (Å²) in [5, 5.41) is 18.2. The van der Waals surface area contributed by atoms with Gasteiger partial charge in [-0.3, -0.25) is 15.2 Å². The second-order valence-corrected chi connectivity index (χ2v) is 5.05. The van der Waals surface area contributed by atoms with Crippen LogP contribution in [0.2, 0.25) is 0 Å². The van der Waals surface area contributed by atoms with Crippen molar-refractivity contribution in [3.8, 4) is 0 Å². The van der Waals surface area contributed by atoms with Crippen molar-refractivity contribution in [3.05, 3.63) is 65.7 Å². The molecule has 27 heavy (non-hydrogen) atoms. The molecule has 0 fully saturated rings. The lowest BCUT2D eigenvalue weighted by atomic mass is 10.2. The maximum Gasteiger partial charge on any atom is 0.490 e. The van der Waals surface area contributed by atoms with Crippen molar-refractivity contribution in [2.75, 3.05) is 5.01 Å². The summed E-state index contributed by atoms with van der Waals surface area (Å²) in [6, 6.07) is 16.4. The number of nitrogens with one attached hydrogen (secondary N) is 2. The largest absolute Gasteiger partial charge is 0.490 e. The number of hydrogen-bond donors (Lipinski definition) is 4. The number of benzene rings is 2. The first-order chi connectivity index (χ1) is 12.6. The zero-order valence-electron chi connectivity index (χ0n) is 13.9. The van der Waals surface area contributed by atoms with Crippen LogP contribution in [-0.2, 0) is 11.3 Å². The van der Waals surface area contributed by atoms with Crippen LogP contribution in [0.25, 0.3) is 0 Å². The van der Waals surface area contributed by atoms with E-state index in [0.29, 0.717) is 12.1 Å². The fourth-order valence-corrected chi connectivity index (χ4v) is 1.73. The Morgan fingerprint density at radius 3 is 2.07 bits per heavy atom. The number of carboxylic acid groups (broad SMARTS) is 1. The molecule has 0 spiro atoms. The molecule has 1 amide bonds. The quantitative estimate of drug-likeness (QED) is 0.274. The van der Waals surface area contributed by atoms with Gasteiger partial charge in [0.15, 0.2) is 0 Å². The Labute approximate surface area is 152 Å².